The fraction of sp³-hybridized carbons (Fsp3) is 0.250. The minimum atomic E-state index is -1.35. The first kappa shape index (κ1) is 20.0. The van der Waals surface area contributed by atoms with Gasteiger partial charge in [0.05, 0.1) is 19.8 Å². The number of ether oxygens (including phenoxy) is 2. The van der Waals surface area contributed by atoms with Gasteiger partial charge in [-0.15, -0.1) is 0 Å². The summed E-state index contributed by atoms with van der Waals surface area (Å²) in [6, 6.07) is 13.1. The van der Waals surface area contributed by atoms with Gasteiger partial charge in [-0.3, -0.25) is 9.59 Å². The lowest BCUT2D eigenvalue weighted by molar-refractivity contribution is -0.135. The topological polar surface area (TPSA) is 93.7 Å². The second-order valence-electron chi connectivity index (χ2n) is 6.33. The Bertz CT molecular complexity index is 844. The summed E-state index contributed by atoms with van der Waals surface area (Å²) in [5.41, 5.74) is -0.0975. The van der Waals surface area contributed by atoms with Crippen LogP contribution in [0, 0.1) is 5.41 Å². The molecule has 0 aliphatic heterocycles. The van der Waals surface area contributed by atoms with Crippen molar-refractivity contribution in [3.05, 3.63) is 54.1 Å². The largest absolute Gasteiger partial charge is 0.497 e. The molecule has 0 radical (unpaired) electrons. The monoisotopic (exact) mass is 370 g/mol. The number of hydrogen-bond acceptors (Lipinski definition) is 5. The molecule has 2 aromatic carbocycles. The molecule has 0 atom stereocenters. The fourth-order valence-electron chi connectivity index (χ4n) is 2.19. The molecule has 0 heterocycles. The maximum Gasteiger partial charge on any atom is 0.337 e. The molecule has 7 heteroatoms. The molecule has 142 valence electrons. The van der Waals surface area contributed by atoms with E-state index in [0.717, 1.165) is 0 Å². The molecule has 0 spiro atoms. The lowest BCUT2D eigenvalue weighted by Crippen LogP contribution is -2.41. The Hall–Kier alpha value is -3.35. The summed E-state index contributed by atoms with van der Waals surface area (Å²) in [6.45, 7) is 3.04. The number of carbonyl (C=O) groups is 3. The van der Waals surface area contributed by atoms with Gasteiger partial charge in [0, 0.05) is 11.4 Å². The molecule has 0 bridgehead atoms. The van der Waals surface area contributed by atoms with Crippen molar-refractivity contribution in [3.63, 3.8) is 0 Å². The highest BCUT2D eigenvalue weighted by atomic mass is 16.5. The normalized spacial score (nSPS) is 10.7. The maximum atomic E-state index is 12.6. The van der Waals surface area contributed by atoms with E-state index < -0.39 is 23.2 Å². The van der Waals surface area contributed by atoms with Crippen LogP contribution in [0.15, 0.2) is 48.5 Å². The van der Waals surface area contributed by atoms with E-state index in [-0.39, 0.29) is 0 Å². The lowest BCUT2D eigenvalue weighted by Gasteiger charge is -2.23. The van der Waals surface area contributed by atoms with Gasteiger partial charge in [-0.1, -0.05) is 6.07 Å². The van der Waals surface area contributed by atoms with Crippen LogP contribution in [-0.2, 0) is 14.3 Å². The predicted molar refractivity (Wildman–Crippen MR) is 102 cm³/mol. The number of benzene rings is 2. The SMILES string of the molecule is COC(=O)c1cccc(NC(=O)C(C)(C)C(=O)Nc2ccc(OC)cc2)c1. The first-order chi connectivity index (χ1) is 12.8. The Labute approximate surface area is 157 Å². The third kappa shape index (κ3) is 4.84. The van der Waals surface area contributed by atoms with Crippen LogP contribution in [0.4, 0.5) is 11.4 Å². The molecule has 0 saturated heterocycles. The van der Waals surface area contributed by atoms with Gasteiger partial charge >= 0.3 is 5.97 Å². The molecule has 0 unspecified atom stereocenters. The zero-order chi connectivity index (χ0) is 20.0. The fourth-order valence-corrected chi connectivity index (χ4v) is 2.19. The minimum absolute atomic E-state index is 0.302. The molecule has 2 rings (SSSR count). The van der Waals surface area contributed by atoms with Crippen LogP contribution in [0.25, 0.3) is 0 Å². The molecule has 0 aliphatic rings. The summed E-state index contributed by atoms with van der Waals surface area (Å²) in [5.74, 6) is -0.817. The van der Waals surface area contributed by atoms with Gasteiger partial charge in [-0.2, -0.15) is 0 Å². The number of nitrogens with one attached hydrogen (secondary N) is 2. The Morgan fingerprint density at radius 2 is 1.44 bits per heavy atom. The van der Waals surface area contributed by atoms with Gasteiger partial charge < -0.3 is 20.1 Å². The summed E-state index contributed by atoms with van der Waals surface area (Å²) < 4.78 is 9.73. The van der Waals surface area contributed by atoms with E-state index in [1.54, 1.807) is 49.6 Å². The van der Waals surface area contributed by atoms with Crippen molar-refractivity contribution in [1.82, 2.24) is 0 Å². The summed E-state index contributed by atoms with van der Waals surface area (Å²) in [6.07, 6.45) is 0. The smallest absolute Gasteiger partial charge is 0.337 e. The molecule has 27 heavy (non-hydrogen) atoms. The molecule has 2 amide bonds. The van der Waals surface area contributed by atoms with Crippen molar-refractivity contribution in [2.45, 2.75) is 13.8 Å². The van der Waals surface area contributed by atoms with Crippen molar-refractivity contribution in [1.29, 1.82) is 0 Å². The van der Waals surface area contributed by atoms with Crippen molar-refractivity contribution >= 4 is 29.2 Å². The summed E-state index contributed by atoms with van der Waals surface area (Å²) >= 11 is 0. The maximum absolute atomic E-state index is 12.6. The van der Waals surface area contributed by atoms with Gasteiger partial charge in [0.15, 0.2) is 0 Å². The van der Waals surface area contributed by atoms with Crippen LogP contribution < -0.4 is 15.4 Å². The number of anilines is 2. The minimum Gasteiger partial charge on any atom is -0.497 e. The zero-order valence-corrected chi connectivity index (χ0v) is 15.7. The Kier molecular flexibility index (Phi) is 6.18. The highest BCUT2D eigenvalue weighted by Gasteiger charge is 2.36. The van der Waals surface area contributed by atoms with E-state index in [2.05, 4.69) is 15.4 Å². The van der Waals surface area contributed by atoms with E-state index in [9.17, 15) is 14.4 Å². The molecule has 2 N–H and O–H groups in total. The van der Waals surface area contributed by atoms with Gasteiger partial charge in [-0.25, -0.2) is 4.79 Å². The molecule has 0 aliphatic carbocycles. The van der Waals surface area contributed by atoms with Gasteiger partial charge in [0.2, 0.25) is 11.8 Å². The highest BCUT2D eigenvalue weighted by Crippen LogP contribution is 2.23. The molecule has 0 fully saturated rings. The number of methoxy groups -OCH3 is 2. The van der Waals surface area contributed by atoms with E-state index in [1.165, 1.54) is 27.0 Å². The summed E-state index contributed by atoms with van der Waals surface area (Å²) in [4.78, 5) is 36.8. The molecule has 0 aromatic heterocycles. The van der Waals surface area contributed by atoms with Crippen LogP contribution in [0.3, 0.4) is 0 Å². The predicted octanol–water partition coefficient (Wildman–Crippen LogP) is 3.09. The quantitative estimate of drug-likeness (QED) is 0.602. The van der Waals surface area contributed by atoms with Gasteiger partial charge in [0.1, 0.15) is 11.2 Å². The third-order valence-electron chi connectivity index (χ3n) is 4.02. The molecule has 7 nitrogen and oxygen atoms in total. The number of amides is 2. The number of rotatable bonds is 6. The van der Waals surface area contributed by atoms with E-state index in [4.69, 9.17) is 4.74 Å². The average Bonchev–Trinajstić information content (AvgIpc) is 2.68. The summed E-state index contributed by atoms with van der Waals surface area (Å²) in [5, 5.41) is 5.37. The number of hydrogen-bond donors (Lipinski definition) is 2. The van der Waals surface area contributed by atoms with Crippen molar-refractivity contribution < 1.29 is 23.9 Å². The third-order valence-corrected chi connectivity index (χ3v) is 4.02. The molecule has 2 aromatic rings. The first-order valence-corrected chi connectivity index (χ1v) is 8.23. The van der Waals surface area contributed by atoms with Crippen LogP contribution >= 0.6 is 0 Å². The number of esters is 1. The van der Waals surface area contributed by atoms with Crippen molar-refractivity contribution in [2.24, 2.45) is 5.41 Å². The standard InChI is InChI=1S/C20H22N2O5/c1-20(2,18(24)21-14-8-10-16(26-3)11-9-14)19(25)22-15-7-5-6-13(12-15)17(23)27-4/h5-12H,1-4H3,(H,21,24)(H,22,25). The van der Waals surface area contributed by atoms with E-state index in [0.29, 0.717) is 22.7 Å². The van der Waals surface area contributed by atoms with E-state index in [1.807, 2.05) is 0 Å². The van der Waals surface area contributed by atoms with Crippen molar-refractivity contribution in [2.75, 3.05) is 24.9 Å². The second kappa shape index (κ2) is 8.35. The molecular formula is C20H22N2O5. The molecule has 0 saturated carbocycles. The zero-order valence-electron chi connectivity index (χ0n) is 15.7. The van der Waals surface area contributed by atoms with Crippen molar-refractivity contribution in [3.8, 4) is 5.75 Å². The Balaban J connectivity index is 2.09. The highest BCUT2D eigenvalue weighted by molar-refractivity contribution is 6.14. The van der Waals surface area contributed by atoms with Crippen LogP contribution in [0.1, 0.15) is 24.2 Å². The second-order valence-corrected chi connectivity index (χ2v) is 6.33. The van der Waals surface area contributed by atoms with Crippen LogP contribution in [-0.4, -0.2) is 32.0 Å². The summed E-state index contributed by atoms with van der Waals surface area (Å²) in [7, 11) is 2.83. The van der Waals surface area contributed by atoms with Gasteiger partial charge in [0.25, 0.3) is 0 Å². The Morgan fingerprint density at radius 1 is 0.852 bits per heavy atom. The van der Waals surface area contributed by atoms with Crippen LogP contribution in [0.5, 0.6) is 5.75 Å². The Morgan fingerprint density at radius 3 is 2.00 bits per heavy atom. The first-order valence-electron chi connectivity index (χ1n) is 8.23. The molecular weight excluding hydrogens is 348 g/mol. The van der Waals surface area contributed by atoms with E-state index >= 15 is 0 Å². The average molecular weight is 370 g/mol. The van der Waals surface area contributed by atoms with Gasteiger partial charge in [-0.05, 0) is 56.3 Å². The number of carbonyl (C=O) groups excluding carboxylic acids is 3. The van der Waals surface area contributed by atoms with Crippen LogP contribution in [0.2, 0.25) is 0 Å². The lowest BCUT2D eigenvalue weighted by atomic mass is 9.90.